The molecule has 2 aromatic carbocycles. The van der Waals surface area contributed by atoms with Crippen LogP contribution in [0.4, 0.5) is 10.1 Å². The predicted molar refractivity (Wildman–Crippen MR) is 86.1 cm³/mol. The number of rotatable bonds is 5. The first-order chi connectivity index (χ1) is 11.3. The number of hydrogen-bond donors (Lipinski definition) is 1. The fourth-order valence-corrected chi connectivity index (χ4v) is 2.10. The molecule has 6 nitrogen and oxygen atoms in total. The second kappa shape index (κ2) is 7.10. The highest BCUT2D eigenvalue weighted by molar-refractivity contribution is 6.31. The number of ketones is 1. The highest BCUT2D eigenvalue weighted by Crippen LogP contribution is 2.37. The van der Waals surface area contributed by atoms with E-state index in [4.69, 9.17) is 16.3 Å². The van der Waals surface area contributed by atoms with Crippen molar-refractivity contribution in [1.29, 1.82) is 0 Å². The Morgan fingerprint density at radius 3 is 2.67 bits per heavy atom. The molecular formula is C16H11ClFNO5. The Bertz CT molecular complexity index is 851. The van der Waals surface area contributed by atoms with Gasteiger partial charge >= 0.3 is 5.69 Å². The lowest BCUT2D eigenvalue weighted by Crippen LogP contribution is -1.96. The summed E-state index contributed by atoms with van der Waals surface area (Å²) in [6.45, 7) is 0. The van der Waals surface area contributed by atoms with Gasteiger partial charge in [0, 0.05) is 11.6 Å². The lowest BCUT2D eigenvalue weighted by atomic mass is 10.1. The van der Waals surface area contributed by atoms with E-state index >= 15 is 0 Å². The van der Waals surface area contributed by atoms with Crippen molar-refractivity contribution in [3.05, 3.63) is 68.5 Å². The molecule has 0 unspecified atom stereocenters. The van der Waals surface area contributed by atoms with Crippen LogP contribution in [0.15, 0.2) is 36.4 Å². The van der Waals surface area contributed by atoms with Crippen LogP contribution in [0.25, 0.3) is 6.08 Å². The topological polar surface area (TPSA) is 89.7 Å². The molecule has 124 valence electrons. The summed E-state index contributed by atoms with van der Waals surface area (Å²) in [5.74, 6) is -1.81. The number of hydrogen-bond acceptors (Lipinski definition) is 5. The zero-order chi connectivity index (χ0) is 17.9. The molecule has 0 atom stereocenters. The minimum absolute atomic E-state index is 0.0962. The molecule has 0 bridgehead atoms. The largest absolute Gasteiger partial charge is 0.500 e. The SMILES string of the molecule is COc1cc(/C=C/C(=O)c2ccc(F)c(Cl)c2)cc([N+](=O)[O-])c1O. The highest BCUT2D eigenvalue weighted by Gasteiger charge is 2.19. The number of phenolic OH excluding ortho intramolecular Hbond substituents is 1. The number of methoxy groups -OCH3 is 1. The van der Waals surface area contributed by atoms with Gasteiger partial charge in [0.2, 0.25) is 5.75 Å². The van der Waals surface area contributed by atoms with E-state index in [2.05, 4.69) is 0 Å². The monoisotopic (exact) mass is 351 g/mol. The second-order valence-corrected chi connectivity index (χ2v) is 5.08. The van der Waals surface area contributed by atoms with Crippen molar-refractivity contribution in [3.63, 3.8) is 0 Å². The summed E-state index contributed by atoms with van der Waals surface area (Å²) in [6.07, 6.45) is 2.47. The van der Waals surface area contributed by atoms with E-state index in [1.165, 1.54) is 31.4 Å². The van der Waals surface area contributed by atoms with Crippen molar-refractivity contribution in [2.75, 3.05) is 7.11 Å². The van der Waals surface area contributed by atoms with Crippen molar-refractivity contribution in [1.82, 2.24) is 0 Å². The maximum absolute atomic E-state index is 13.1. The third-order valence-electron chi connectivity index (χ3n) is 3.13. The third kappa shape index (κ3) is 3.69. The molecule has 0 saturated carbocycles. The molecule has 0 fully saturated rings. The number of phenols is 1. The first kappa shape index (κ1) is 17.4. The highest BCUT2D eigenvalue weighted by atomic mass is 35.5. The molecule has 0 spiro atoms. The molecule has 2 aromatic rings. The summed E-state index contributed by atoms with van der Waals surface area (Å²) in [6, 6.07) is 5.96. The van der Waals surface area contributed by atoms with Crippen molar-refractivity contribution in [2.45, 2.75) is 0 Å². The van der Waals surface area contributed by atoms with E-state index in [-0.39, 0.29) is 21.9 Å². The Hall–Kier alpha value is -2.93. The lowest BCUT2D eigenvalue weighted by Gasteiger charge is -2.05. The molecule has 0 heterocycles. The molecule has 8 heteroatoms. The summed E-state index contributed by atoms with van der Waals surface area (Å²) in [4.78, 5) is 22.2. The minimum atomic E-state index is -0.767. The number of nitro groups is 1. The van der Waals surface area contributed by atoms with Crippen LogP contribution >= 0.6 is 11.6 Å². The molecule has 24 heavy (non-hydrogen) atoms. The van der Waals surface area contributed by atoms with Gasteiger partial charge in [-0.2, -0.15) is 0 Å². The number of nitro benzene ring substituents is 1. The average Bonchev–Trinajstić information content (AvgIpc) is 2.55. The molecule has 0 aliphatic heterocycles. The third-order valence-corrected chi connectivity index (χ3v) is 3.41. The Labute approximate surface area is 140 Å². The number of nitrogens with zero attached hydrogens (tertiary/aromatic N) is 1. The van der Waals surface area contributed by atoms with E-state index in [0.717, 1.165) is 18.2 Å². The Balaban J connectivity index is 2.34. The van der Waals surface area contributed by atoms with Gasteiger partial charge in [0.05, 0.1) is 17.1 Å². The molecule has 0 radical (unpaired) electrons. The summed E-state index contributed by atoms with van der Waals surface area (Å²) < 4.78 is 18.0. The van der Waals surface area contributed by atoms with Crippen LogP contribution in [0.2, 0.25) is 5.02 Å². The maximum atomic E-state index is 13.1. The van der Waals surface area contributed by atoms with E-state index in [1.54, 1.807) is 0 Å². The maximum Gasteiger partial charge on any atom is 0.315 e. The lowest BCUT2D eigenvalue weighted by molar-refractivity contribution is -0.386. The van der Waals surface area contributed by atoms with Gasteiger partial charge < -0.3 is 9.84 Å². The molecule has 0 amide bonds. The fraction of sp³-hybridized carbons (Fsp3) is 0.0625. The number of carbonyl (C=O) groups excluding carboxylic acids is 1. The zero-order valence-electron chi connectivity index (χ0n) is 12.3. The normalized spacial score (nSPS) is 10.8. The van der Waals surface area contributed by atoms with Gasteiger partial charge in [0.1, 0.15) is 5.82 Å². The summed E-state index contributed by atoms with van der Waals surface area (Å²) in [5, 5.41) is 20.4. The van der Waals surface area contributed by atoms with E-state index in [0.29, 0.717) is 0 Å². The molecule has 2 rings (SSSR count). The van der Waals surface area contributed by atoms with Crippen molar-refractivity contribution >= 4 is 29.1 Å². The molecule has 1 N–H and O–H groups in total. The molecule has 0 aliphatic carbocycles. The van der Waals surface area contributed by atoms with E-state index in [1.807, 2.05) is 0 Å². The van der Waals surface area contributed by atoms with E-state index in [9.17, 15) is 24.4 Å². The van der Waals surface area contributed by atoms with Crippen LogP contribution in [0, 0.1) is 15.9 Å². The minimum Gasteiger partial charge on any atom is -0.500 e. The number of aromatic hydroxyl groups is 1. The molecular weight excluding hydrogens is 341 g/mol. The zero-order valence-corrected chi connectivity index (χ0v) is 13.1. The molecule has 0 saturated heterocycles. The van der Waals surface area contributed by atoms with E-state index < -0.39 is 28.0 Å². The van der Waals surface area contributed by atoms with Crippen molar-refractivity contribution in [3.8, 4) is 11.5 Å². The van der Waals surface area contributed by atoms with Crippen LogP contribution in [-0.2, 0) is 0 Å². The number of allylic oxidation sites excluding steroid dienone is 1. The van der Waals surface area contributed by atoms with Crippen LogP contribution in [-0.4, -0.2) is 22.9 Å². The number of ether oxygens (including phenoxy) is 1. The standard InChI is InChI=1S/C16H11ClFNO5/c1-24-15-7-9(6-13(16(15)21)19(22)23)2-5-14(20)10-3-4-12(18)11(17)8-10/h2-8,21H,1H3/b5-2+. The number of benzene rings is 2. The Morgan fingerprint density at radius 1 is 1.38 bits per heavy atom. The Kier molecular flexibility index (Phi) is 5.15. The van der Waals surface area contributed by atoms with Gasteiger partial charge in [-0.05, 0) is 35.9 Å². The molecule has 0 aliphatic rings. The van der Waals surface area contributed by atoms with Gasteiger partial charge in [-0.15, -0.1) is 0 Å². The van der Waals surface area contributed by atoms with Gasteiger partial charge in [0.15, 0.2) is 11.5 Å². The van der Waals surface area contributed by atoms with Crippen molar-refractivity contribution < 1.29 is 24.0 Å². The molecule has 0 aromatic heterocycles. The number of carbonyl (C=O) groups is 1. The van der Waals surface area contributed by atoms with Gasteiger partial charge in [0.25, 0.3) is 0 Å². The van der Waals surface area contributed by atoms with Gasteiger partial charge in [-0.25, -0.2) is 4.39 Å². The quantitative estimate of drug-likeness (QED) is 0.380. The first-order valence-electron chi connectivity index (χ1n) is 6.56. The number of halogens is 2. The van der Waals surface area contributed by atoms with Crippen LogP contribution < -0.4 is 4.74 Å². The van der Waals surface area contributed by atoms with Crippen molar-refractivity contribution in [2.24, 2.45) is 0 Å². The summed E-state index contributed by atoms with van der Waals surface area (Å²) >= 11 is 5.62. The smallest absolute Gasteiger partial charge is 0.315 e. The van der Waals surface area contributed by atoms with Gasteiger partial charge in [-0.1, -0.05) is 17.7 Å². The Morgan fingerprint density at radius 2 is 2.08 bits per heavy atom. The van der Waals surface area contributed by atoms with Crippen LogP contribution in [0.1, 0.15) is 15.9 Å². The summed E-state index contributed by atoms with van der Waals surface area (Å²) in [7, 11) is 1.25. The first-order valence-corrected chi connectivity index (χ1v) is 6.94. The second-order valence-electron chi connectivity index (χ2n) is 4.67. The van der Waals surface area contributed by atoms with Crippen LogP contribution in [0.5, 0.6) is 11.5 Å². The average molecular weight is 352 g/mol. The predicted octanol–water partition coefficient (Wildman–Crippen LogP) is 4.00. The fourth-order valence-electron chi connectivity index (χ4n) is 1.92. The summed E-state index contributed by atoms with van der Waals surface area (Å²) in [5.41, 5.74) is -0.109. The van der Waals surface area contributed by atoms with Gasteiger partial charge in [-0.3, -0.25) is 14.9 Å². The van der Waals surface area contributed by atoms with Crippen LogP contribution in [0.3, 0.4) is 0 Å².